The van der Waals surface area contributed by atoms with Gasteiger partial charge in [-0.05, 0) is 52.1 Å². The lowest BCUT2D eigenvalue weighted by molar-refractivity contribution is -0.114. The van der Waals surface area contributed by atoms with Crippen molar-refractivity contribution in [1.82, 2.24) is 0 Å². The number of aliphatic hydroxyl groups excluding tert-OH is 1. The fraction of sp³-hybridized carbons (Fsp3) is 0.533. The molecule has 1 saturated carbocycles. The number of aliphatic hydroxyl groups is 1. The third-order valence-electron chi connectivity index (χ3n) is 8.10. The van der Waals surface area contributed by atoms with Crippen molar-refractivity contribution in [2.45, 2.75) is 64.2 Å². The van der Waals surface area contributed by atoms with E-state index in [1.807, 2.05) is 0 Å². The minimum absolute atomic E-state index is 0.0418. The Labute approximate surface area is 212 Å². The number of fused-ring (bicyclic) bond motifs is 1. The van der Waals surface area contributed by atoms with E-state index >= 15 is 0 Å². The molecule has 0 aromatic heterocycles. The van der Waals surface area contributed by atoms with Crippen LogP contribution < -0.4 is 10.4 Å². The molecule has 1 fully saturated rings. The molecule has 5 heteroatoms. The van der Waals surface area contributed by atoms with Crippen molar-refractivity contribution < 1.29 is 19.0 Å². The van der Waals surface area contributed by atoms with Gasteiger partial charge in [-0.15, -0.1) is 0 Å². The summed E-state index contributed by atoms with van der Waals surface area (Å²) in [6, 6.07) is 21.7. The fourth-order valence-corrected chi connectivity index (χ4v) is 11.0. The highest BCUT2D eigenvalue weighted by molar-refractivity contribution is 6.99. The minimum atomic E-state index is -2.63. The molecule has 5 atom stereocenters. The monoisotopic (exact) mass is 494 g/mol. The molecule has 0 spiro atoms. The van der Waals surface area contributed by atoms with Crippen LogP contribution in [-0.4, -0.2) is 46.1 Å². The lowest BCUT2D eigenvalue weighted by Gasteiger charge is -2.49. The van der Waals surface area contributed by atoms with Crippen LogP contribution in [-0.2, 0) is 13.9 Å². The van der Waals surface area contributed by atoms with Crippen molar-refractivity contribution >= 4 is 18.7 Å². The van der Waals surface area contributed by atoms with Crippen LogP contribution in [0.2, 0.25) is 5.04 Å². The summed E-state index contributed by atoms with van der Waals surface area (Å²) in [7, 11) is -0.963. The largest absolute Gasteiger partial charge is 0.407 e. The maximum Gasteiger partial charge on any atom is 0.261 e. The van der Waals surface area contributed by atoms with Crippen molar-refractivity contribution in [3.63, 3.8) is 0 Å². The summed E-state index contributed by atoms with van der Waals surface area (Å²) < 4.78 is 18.8. The Kier molecular flexibility index (Phi) is 8.34. The molecule has 0 radical (unpaired) electrons. The summed E-state index contributed by atoms with van der Waals surface area (Å²) in [5, 5.41) is 13.5. The molecule has 0 aliphatic heterocycles. The van der Waals surface area contributed by atoms with Gasteiger partial charge in [0.15, 0.2) is 0 Å². The summed E-state index contributed by atoms with van der Waals surface area (Å²) in [4.78, 5) is 0. The molecule has 0 saturated heterocycles. The van der Waals surface area contributed by atoms with Crippen LogP contribution in [0.1, 0.15) is 47.0 Å². The molecular formula is C30H42O4Si. The first kappa shape index (κ1) is 26.3. The standard InChI is InChI=1S/C30H42O4Si/c1-22-19-27(31)25-17-12-18-28(33-21-32-5)29(25)26(22)20-34-35(30(2,3)4,23-13-8-6-9-14-23)24-15-10-7-11-16-24/h6-11,13-17,22,26-29,31H,12,18-21H2,1-5H3/t22-,26-,27-,28-,29-/m0/s1. The van der Waals surface area contributed by atoms with Crippen molar-refractivity contribution in [3.8, 4) is 0 Å². The topological polar surface area (TPSA) is 47.9 Å². The van der Waals surface area contributed by atoms with Gasteiger partial charge in [0.25, 0.3) is 8.32 Å². The van der Waals surface area contributed by atoms with Crippen LogP contribution in [0.5, 0.6) is 0 Å². The predicted octanol–water partition coefficient (Wildman–Crippen LogP) is 4.91. The van der Waals surface area contributed by atoms with Gasteiger partial charge in [-0.2, -0.15) is 0 Å². The summed E-state index contributed by atoms with van der Waals surface area (Å²) in [6.45, 7) is 10.2. The summed E-state index contributed by atoms with van der Waals surface area (Å²) in [5.74, 6) is 0.751. The molecular weight excluding hydrogens is 452 g/mol. The maximum absolute atomic E-state index is 11.0. The second kappa shape index (κ2) is 11.1. The Hall–Kier alpha value is -1.76. The second-order valence-electron chi connectivity index (χ2n) is 11.3. The molecule has 0 bridgehead atoms. The Balaban J connectivity index is 1.73. The molecule has 4 rings (SSSR count). The van der Waals surface area contributed by atoms with Crippen LogP contribution in [0.25, 0.3) is 0 Å². The lowest BCUT2D eigenvalue weighted by Crippen LogP contribution is -2.67. The van der Waals surface area contributed by atoms with Gasteiger partial charge < -0.3 is 19.0 Å². The third-order valence-corrected chi connectivity index (χ3v) is 13.1. The molecule has 0 heterocycles. The van der Waals surface area contributed by atoms with E-state index in [2.05, 4.69) is 94.4 Å². The van der Waals surface area contributed by atoms with Crippen LogP contribution >= 0.6 is 0 Å². The van der Waals surface area contributed by atoms with E-state index in [1.54, 1.807) is 7.11 Å². The average molecular weight is 495 g/mol. The van der Waals surface area contributed by atoms with Crippen molar-refractivity contribution in [2.75, 3.05) is 20.5 Å². The van der Waals surface area contributed by atoms with E-state index in [9.17, 15) is 5.11 Å². The van der Waals surface area contributed by atoms with Gasteiger partial charge in [0.05, 0.1) is 12.2 Å². The van der Waals surface area contributed by atoms with E-state index in [-0.39, 0.29) is 29.8 Å². The van der Waals surface area contributed by atoms with Gasteiger partial charge in [-0.1, -0.05) is 94.4 Å². The first-order chi connectivity index (χ1) is 16.8. The molecule has 2 aliphatic carbocycles. The number of benzene rings is 2. The zero-order chi connectivity index (χ0) is 25.1. The van der Waals surface area contributed by atoms with Crippen LogP contribution in [0.4, 0.5) is 0 Å². The second-order valence-corrected chi connectivity index (χ2v) is 15.6. The highest BCUT2D eigenvalue weighted by atomic mass is 28.4. The Morgan fingerprint density at radius 3 is 2.11 bits per heavy atom. The summed E-state index contributed by atoms with van der Waals surface area (Å²) in [5.41, 5.74) is 1.14. The average Bonchev–Trinajstić information content (AvgIpc) is 2.85. The number of hydrogen-bond acceptors (Lipinski definition) is 4. The molecule has 4 nitrogen and oxygen atoms in total. The normalized spacial score (nSPS) is 27.3. The highest BCUT2D eigenvalue weighted by Crippen LogP contribution is 2.46. The van der Waals surface area contributed by atoms with Gasteiger partial charge in [-0.3, -0.25) is 0 Å². The minimum Gasteiger partial charge on any atom is -0.407 e. The van der Waals surface area contributed by atoms with Gasteiger partial charge in [-0.25, -0.2) is 0 Å². The van der Waals surface area contributed by atoms with E-state index in [0.717, 1.165) is 24.8 Å². The molecule has 2 aliphatic rings. The Morgan fingerprint density at radius 2 is 1.57 bits per heavy atom. The predicted molar refractivity (Wildman–Crippen MR) is 144 cm³/mol. The third kappa shape index (κ3) is 5.21. The van der Waals surface area contributed by atoms with Crippen LogP contribution in [0.3, 0.4) is 0 Å². The van der Waals surface area contributed by atoms with E-state index < -0.39 is 14.4 Å². The molecule has 2 aromatic rings. The van der Waals surface area contributed by atoms with Gasteiger partial charge in [0.1, 0.15) is 6.79 Å². The number of hydrogen-bond donors (Lipinski definition) is 1. The number of allylic oxidation sites excluding steroid dienone is 1. The van der Waals surface area contributed by atoms with E-state index in [0.29, 0.717) is 12.5 Å². The quantitative estimate of drug-likeness (QED) is 0.322. The zero-order valence-corrected chi connectivity index (χ0v) is 22.9. The maximum atomic E-state index is 11.0. The first-order valence-electron chi connectivity index (χ1n) is 13.0. The zero-order valence-electron chi connectivity index (χ0n) is 21.9. The van der Waals surface area contributed by atoms with Crippen molar-refractivity contribution in [1.29, 1.82) is 0 Å². The van der Waals surface area contributed by atoms with E-state index in [1.165, 1.54) is 10.4 Å². The number of rotatable bonds is 8. The van der Waals surface area contributed by atoms with Crippen LogP contribution in [0.15, 0.2) is 72.3 Å². The molecule has 1 N–H and O–H groups in total. The first-order valence-corrected chi connectivity index (χ1v) is 14.9. The number of ether oxygens (including phenoxy) is 2. The molecule has 0 amide bonds. The molecule has 190 valence electrons. The van der Waals surface area contributed by atoms with Crippen LogP contribution in [0, 0.1) is 17.8 Å². The van der Waals surface area contributed by atoms with Gasteiger partial charge in [0.2, 0.25) is 0 Å². The van der Waals surface area contributed by atoms with Crippen molar-refractivity contribution in [2.24, 2.45) is 17.8 Å². The van der Waals surface area contributed by atoms with E-state index in [4.69, 9.17) is 13.9 Å². The Bertz CT molecular complexity index is 929. The molecule has 2 aromatic carbocycles. The van der Waals surface area contributed by atoms with Gasteiger partial charge >= 0.3 is 0 Å². The van der Waals surface area contributed by atoms with Crippen molar-refractivity contribution in [3.05, 3.63) is 72.3 Å². The summed E-state index contributed by atoms with van der Waals surface area (Å²) >= 11 is 0. The molecule has 35 heavy (non-hydrogen) atoms. The smallest absolute Gasteiger partial charge is 0.261 e. The highest BCUT2D eigenvalue weighted by Gasteiger charge is 2.52. The van der Waals surface area contributed by atoms with Gasteiger partial charge in [0, 0.05) is 19.6 Å². The lowest BCUT2D eigenvalue weighted by atomic mass is 9.64. The fourth-order valence-electron chi connectivity index (χ4n) is 6.44. The summed E-state index contributed by atoms with van der Waals surface area (Å²) in [6.07, 6.45) is 4.56. The Morgan fingerprint density at radius 1 is 0.971 bits per heavy atom. The SMILES string of the molecule is COCO[C@H]1CCC=C2[C@H]1[C@@H](CO[Si](c1ccccc1)(c1ccccc1)C(C)(C)C)[C@@H](C)C[C@@H]2O. The number of methoxy groups -OCH3 is 1. The molecule has 0 unspecified atom stereocenters.